The van der Waals surface area contributed by atoms with Crippen LogP contribution in [0, 0.1) is 0 Å². The number of hydrogen-bond donors (Lipinski definition) is 1. The first kappa shape index (κ1) is 14.9. The van der Waals surface area contributed by atoms with Crippen molar-refractivity contribution in [2.75, 3.05) is 5.75 Å². The molecule has 1 atom stereocenters. The molecular formula is C18H24N2S. The van der Waals surface area contributed by atoms with Crippen LogP contribution in [0.2, 0.25) is 0 Å². The van der Waals surface area contributed by atoms with Crippen molar-refractivity contribution in [3.8, 4) is 0 Å². The van der Waals surface area contributed by atoms with Crippen molar-refractivity contribution in [3.05, 3.63) is 42.1 Å². The van der Waals surface area contributed by atoms with Gasteiger partial charge in [0.25, 0.3) is 0 Å². The Morgan fingerprint density at radius 2 is 1.90 bits per heavy atom. The molecule has 2 N–H and O–H groups in total. The number of nitrogens with two attached hydrogens (primary N) is 1. The Bertz CT molecular complexity index is 578. The smallest absolute Gasteiger partial charge is 0.0705 e. The second-order valence-electron chi connectivity index (χ2n) is 6.05. The van der Waals surface area contributed by atoms with E-state index in [1.54, 1.807) is 0 Å². The lowest BCUT2D eigenvalue weighted by atomic mass is 10.0. The van der Waals surface area contributed by atoms with E-state index in [4.69, 9.17) is 10.7 Å². The van der Waals surface area contributed by atoms with E-state index in [0.717, 1.165) is 28.6 Å². The maximum absolute atomic E-state index is 6.31. The fourth-order valence-corrected chi connectivity index (χ4v) is 4.34. The number of nitrogens with zero attached hydrogens (tertiary/aromatic N) is 1. The summed E-state index contributed by atoms with van der Waals surface area (Å²) in [6.45, 7) is 0. The molecule has 2 aromatic rings. The highest BCUT2D eigenvalue weighted by Gasteiger charge is 2.15. The molecule has 0 bridgehead atoms. The highest BCUT2D eigenvalue weighted by Crippen LogP contribution is 2.28. The number of fused-ring (bicyclic) bond motifs is 1. The van der Waals surface area contributed by atoms with Gasteiger partial charge in [-0.1, -0.05) is 43.5 Å². The summed E-state index contributed by atoms with van der Waals surface area (Å²) in [7, 11) is 0. The Morgan fingerprint density at radius 1 is 1.10 bits per heavy atom. The summed E-state index contributed by atoms with van der Waals surface area (Å²) in [4.78, 5) is 4.72. The molecule has 3 rings (SSSR count). The molecule has 1 unspecified atom stereocenters. The molecule has 1 heterocycles. The summed E-state index contributed by atoms with van der Waals surface area (Å²) in [6.07, 6.45) is 7.87. The summed E-state index contributed by atoms with van der Waals surface area (Å²) in [5.74, 6) is 1.05. The maximum atomic E-state index is 6.31. The third kappa shape index (κ3) is 4.21. The van der Waals surface area contributed by atoms with Crippen molar-refractivity contribution >= 4 is 22.7 Å². The summed E-state index contributed by atoms with van der Waals surface area (Å²) < 4.78 is 0. The molecule has 1 aromatic heterocycles. The van der Waals surface area contributed by atoms with Crippen LogP contribution in [0.5, 0.6) is 0 Å². The van der Waals surface area contributed by atoms with Crippen LogP contribution in [0.4, 0.5) is 0 Å². The zero-order valence-corrected chi connectivity index (χ0v) is 13.3. The van der Waals surface area contributed by atoms with Crippen LogP contribution in [0.25, 0.3) is 10.9 Å². The summed E-state index contributed by atoms with van der Waals surface area (Å²) >= 11 is 2.08. The molecule has 1 aromatic carbocycles. The van der Waals surface area contributed by atoms with Gasteiger partial charge in [0.15, 0.2) is 0 Å². The lowest BCUT2D eigenvalue weighted by molar-refractivity contribution is 0.515. The van der Waals surface area contributed by atoms with Crippen molar-refractivity contribution in [2.45, 2.75) is 49.8 Å². The molecule has 3 heteroatoms. The minimum absolute atomic E-state index is 0.214. The van der Waals surface area contributed by atoms with Crippen molar-refractivity contribution in [2.24, 2.45) is 5.73 Å². The van der Waals surface area contributed by atoms with E-state index < -0.39 is 0 Å². The van der Waals surface area contributed by atoms with E-state index in [9.17, 15) is 0 Å². The zero-order valence-electron chi connectivity index (χ0n) is 12.5. The van der Waals surface area contributed by atoms with Crippen LogP contribution in [-0.2, 0) is 6.42 Å². The SMILES string of the molecule is NC(CSC1CCCCC1)Cc1ccc2ccccc2n1. The molecule has 0 amide bonds. The second-order valence-corrected chi connectivity index (χ2v) is 7.39. The van der Waals surface area contributed by atoms with Crippen LogP contribution >= 0.6 is 11.8 Å². The first-order valence-corrected chi connectivity index (χ1v) is 9.08. The molecule has 0 saturated heterocycles. The predicted molar refractivity (Wildman–Crippen MR) is 92.8 cm³/mol. The fourth-order valence-electron chi connectivity index (χ4n) is 3.04. The van der Waals surface area contributed by atoms with Crippen molar-refractivity contribution in [3.63, 3.8) is 0 Å². The highest BCUT2D eigenvalue weighted by molar-refractivity contribution is 7.99. The second kappa shape index (κ2) is 7.28. The van der Waals surface area contributed by atoms with Gasteiger partial charge in [0.1, 0.15) is 0 Å². The quantitative estimate of drug-likeness (QED) is 0.900. The number of rotatable bonds is 5. The third-order valence-corrected chi connectivity index (χ3v) is 5.79. The number of thioether (sulfide) groups is 1. The van der Waals surface area contributed by atoms with Crippen molar-refractivity contribution in [1.29, 1.82) is 0 Å². The van der Waals surface area contributed by atoms with Crippen LogP contribution in [0.3, 0.4) is 0 Å². The van der Waals surface area contributed by atoms with E-state index in [-0.39, 0.29) is 6.04 Å². The molecule has 112 valence electrons. The van der Waals surface area contributed by atoms with Crippen molar-refractivity contribution in [1.82, 2.24) is 4.98 Å². The number of hydrogen-bond acceptors (Lipinski definition) is 3. The first-order valence-electron chi connectivity index (χ1n) is 8.03. The van der Waals surface area contributed by atoms with E-state index >= 15 is 0 Å². The van der Waals surface area contributed by atoms with Gasteiger partial charge >= 0.3 is 0 Å². The standard InChI is InChI=1S/C18H24N2S/c19-15(13-21-17-7-2-1-3-8-17)12-16-11-10-14-6-4-5-9-18(14)20-16/h4-6,9-11,15,17H,1-3,7-8,12-13,19H2. The van der Waals surface area contributed by atoms with Crippen LogP contribution in [0.15, 0.2) is 36.4 Å². The van der Waals surface area contributed by atoms with Gasteiger partial charge in [0, 0.05) is 34.5 Å². The minimum atomic E-state index is 0.214. The van der Waals surface area contributed by atoms with Crippen LogP contribution < -0.4 is 5.73 Å². The minimum Gasteiger partial charge on any atom is -0.327 e. The molecule has 0 aliphatic heterocycles. The normalized spacial score (nSPS) is 18.0. The van der Waals surface area contributed by atoms with E-state index in [0.29, 0.717) is 0 Å². The summed E-state index contributed by atoms with van der Waals surface area (Å²) in [6, 6.07) is 12.7. The molecule has 2 nitrogen and oxygen atoms in total. The number of aromatic nitrogens is 1. The van der Waals surface area contributed by atoms with Crippen molar-refractivity contribution < 1.29 is 0 Å². The zero-order chi connectivity index (χ0) is 14.5. The number of pyridine rings is 1. The topological polar surface area (TPSA) is 38.9 Å². The average Bonchev–Trinajstić information content (AvgIpc) is 2.54. The van der Waals surface area contributed by atoms with E-state index in [1.165, 1.54) is 37.5 Å². The van der Waals surface area contributed by atoms with E-state index in [1.807, 2.05) is 6.07 Å². The largest absolute Gasteiger partial charge is 0.327 e. The average molecular weight is 300 g/mol. The van der Waals surface area contributed by atoms with Gasteiger partial charge in [-0.3, -0.25) is 4.98 Å². The predicted octanol–water partition coefficient (Wildman–Crippen LogP) is 4.17. The molecule has 21 heavy (non-hydrogen) atoms. The highest BCUT2D eigenvalue weighted by atomic mass is 32.2. The fraction of sp³-hybridized carbons (Fsp3) is 0.500. The van der Waals surface area contributed by atoms with Gasteiger partial charge < -0.3 is 5.73 Å². The monoisotopic (exact) mass is 300 g/mol. The third-order valence-electron chi connectivity index (χ3n) is 4.23. The number of benzene rings is 1. The van der Waals surface area contributed by atoms with Crippen LogP contribution in [0.1, 0.15) is 37.8 Å². The Labute approximate surface area is 131 Å². The van der Waals surface area contributed by atoms with Gasteiger partial charge in [-0.05, 0) is 25.0 Å². The Morgan fingerprint density at radius 3 is 2.76 bits per heavy atom. The Kier molecular flexibility index (Phi) is 5.15. The lowest BCUT2D eigenvalue weighted by Crippen LogP contribution is -2.27. The molecule has 0 spiro atoms. The Hall–Kier alpha value is -1.06. The maximum Gasteiger partial charge on any atom is 0.0705 e. The van der Waals surface area contributed by atoms with Gasteiger partial charge in [0.05, 0.1) is 5.52 Å². The molecular weight excluding hydrogens is 276 g/mol. The lowest BCUT2D eigenvalue weighted by Gasteiger charge is -2.22. The van der Waals surface area contributed by atoms with Gasteiger partial charge in [-0.2, -0.15) is 11.8 Å². The van der Waals surface area contributed by atoms with Gasteiger partial charge in [-0.15, -0.1) is 0 Å². The summed E-state index contributed by atoms with van der Waals surface area (Å²) in [5.41, 5.74) is 8.49. The van der Waals surface area contributed by atoms with E-state index in [2.05, 4.69) is 42.1 Å². The van der Waals surface area contributed by atoms with Gasteiger partial charge in [0.2, 0.25) is 0 Å². The molecule has 1 saturated carbocycles. The molecule has 0 radical (unpaired) electrons. The molecule has 1 aliphatic carbocycles. The summed E-state index contributed by atoms with van der Waals surface area (Å²) in [5, 5.41) is 2.04. The molecule has 1 fully saturated rings. The number of para-hydroxylation sites is 1. The first-order chi connectivity index (χ1) is 10.3. The van der Waals surface area contributed by atoms with Crippen LogP contribution in [-0.4, -0.2) is 22.0 Å². The Balaban J connectivity index is 1.54. The van der Waals surface area contributed by atoms with Gasteiger partial charge in [-0.25, -0.2) is 0 Å². The molecule has 1 aliphatic rings.